The van der Waals surface area contributed by atoms with Crippen LogP contribution in [0.3, 0.4) is 0 Å². The molecular formula is C19H18ClN3O3. The number of halogens is 1. The highest BCUT2D eigenvalue weighted by Crippen LogP contribution is 2.24. The van der Waals surface area contributed by atoms with Crippen LogP contribution in [0.2, 0.25) is 5.02 Å². The molecule has 0 radical (unpaired) electrons. The van der Waals surface area contributed by atoms with Gasteiger partial charge in [0, 0.05) is 36.6 Å². The van der Waals surface area contributed by atoms with Crippen molar-refractivity contribution in [1.82, 2.24) is 14.7 Å². The van der Waals surface area contributed by atoms with Crippen molar-refractivity contribution in [2.45, 2.75) is 6.54 Å². The first-order valence-corrected chi connectivity index (χ1v) is 8.34. The van der Waals surface area contributed by atoms with E-state index < -0.39 is 0 Å². The van der Waals surface area contributed by atoms with Crippen LogP contribution in [-0.2, 0) is 13.6 Å². The molecule has 0 unspecified atom stereocenters. The molecule has 0 spiro atoms. The van der Waals surface area contributed by atoms with Crippen LogP contribution in [0, 0.1) is 0 Å². The number of ether oxygens (including phenoxy) is 1. The maximum atomic E-state index is 13.0. The summed E-state index contributed by atoms with van der Waals surface area (Å²) in [7, 11) is 4.77. The van der Waals surface area contributed by atoms with Crippen LogP contribution in [0.15, 0.2) is 47.3 Å². The zero-order chi connectivity index (χ0) is 18.8. The van der Waals surface area contributed by atoms with E-state index in [1.54, 1.807) is 56.6 Å². The molecule has 0 atom stereocenters. The molecule has 0 N–H and O–H groups in total. The number of nitrogens with zero attached hydrogens (tertiary/aromatic N) is 3. The SMILES string of the molecule is COc1ccc(Cl)cc1CN(C)C(=O)c1nn(C)c(=O)c2ccccc12. The van der Waals surface area contributed by atoms with E-state index in [4.69, 9.17) is 16.3 Å². The van der Waals surface area contributed by atoms with Gasteiger partial charge in [0.1, 0.15) is 5.75 Å². The van der Waals surface area contributed by atoms with Gasteiger partial charge in [0.25, 0.3) is 11.5 Å². The number of hydrogen-bond donors (Lipinski definition) is 0. The summed E-state index contributed by atoms with van der Waals surface area (Å²) in [5.41, 5.74) is 0.771. The van der Waals surface area contributed by atoms with Gasteiger partial charge in [-0.3, -0.25) is 9.59 Å². The number of carbonyl (C=O) groups excluding carboxylic acids is 1. The molecule has 1 aromatic heterocycles. The summed E-state index contributed by atoms with van der Waals surface area (Å²) in [5, 5.41) is 5.73. The van der Waals surface area contributed by atoms with Gasteiger partial charge in [-0.05, 0) is 24.3 Å². The molecule has 0 saturated carbocycles. The molecule has 0 saturated heterocycles. The fourth-order valence-corrected chi connectivity index (χ4v) is 3.03. The lowest BCUT2D eigenvalue weighted by atomic mass is 10.1. The Morgan fingerprint density at radius 3 is 2.62 bits per heavy atom. The van der Waals surface area contributed by atoms with E-state index >= 15 is 0 Å². The maximum absolute atomic E-state index is 13.0. The zero-order valence-corrected chi connectivity index (χ0v) is 15.4. The second-order valence-electron chi connectivity index (χ2n) is 5.94. The van der Waals surface area contributed by atoms with Crippen LogP contribution in [0.4, 0.5) is 0 Å². The third-order valence-corrected chi connectivity index (χ3v) is 4.39. The third kappa shape index (κ3) is 3.28. The third-order valence-electron chi connectivity index (χ3n) is 4.16. The molecule has 2 aromatic carbocycles. The molecule has 0 aliphatic rings. The molecule has 7 heteroatoms. The van der Waals surface area contributed by atoms with Gasteiger partial charge in [0.05, 0.1) is 12.5 Å². The monoisotopic (exact) mass is 371 g/mol. The highest BCUT2D eigenvalue weighted by molar-refractivity contribution is 6.30. The lowest BCUT2D eigenvalue weighted by molar-refractivity contribution is 0.0778. The van der Waals surface area contributed by atoms with Crippen LogP contribution in [-0.4, -0.2) is 34.7 Å². The minimum Gasteiger partial charge on any atom is -0.496 e. The first-order valence-electron chi connectivity index (χ1n) is 7.96. The molecule has 0 bridgehead atoms. The Bertz CT molecular complexity index is 1050. The first-order chi connectivity index (χ1) is 12.4. The minimum absolute atomic E-state index is 0.228. The summed E-state index contributed by atoms with van der Waals surface area (Å²) in [6.07, 6.45) is 0. The van der Waals surface area contributed by atoms with E-state index in [0.717, 1.165) is 5.56 Å². The highest BCUT2D eigenvalue weighted by Gasteiger charge is 2.20. The van der Waals surface area contributed by atoms with Gasteiger partial charge >= 0.3 is 0 Å². The van der Waals surface area contributed by atoms with E-state index in [-0.39, 0.29) is 17.2 Å². The van der Waals surface area contributed by atoms with Gasteiger partial charge in [-0.25, -0.2) is 4.68 Å². The van der Waals surface area contributed by atoms with Crippen molar-refractivity contribution in [3.8, 4) is 5.75 Å². The number of amides is 1. The number of benzene rings is 2. The topological polar surface area (TPSA) is 64.4 Å². The Balaban J connectivity index is 2.00. The van der Waals surface area contributed by atoms with Crippen molar-refractivity contribution in [1.29, 1.82) is 0 Å². The van der Waals surface area contributed by atoms with E-state index in [9.17, 15) is 9.59 Å². The van der Waals surface area contributed by atoms with Gasteiger partial charge in [-0.1, -0.05) is 29.8 Å². The summed E-state index contributed by atoms with van der Waals surface area (Å²) in [6, 6.07) is 12.2. The number of carbonyl (C=O) groups is 1. The number of methoxy groups -OCH3 is 1. The van der Waals surface area contributed by atoms with Crippen molar-refractivity contribution >= 4 is 28.3 Å². The maximum Gasteiger partial charge on any atom is 0.274 e. The fraction of sp³-hybridized carbons (Fsp3) is 0.211. The largest absolute Gasteiger partial charge is 0.496 e. The van der Waals surface area contributed by atoms with Crippen molar-refractivity contribution in [2.24, 2.45) is 7.05 Å². The van der Waals surface area contributed by atoms with E-state index in [0.29, 0.717) is 28.1 Å². The first kappa shape index (κ1) is 17.9. The molecule has 3 aromatic rings. The van der Waals surface area contributed by atoms with E-state index in [1.165, 1.54) is 16.6 Å². The van der Waals surface area contributed by atoms with Crippen LogP contribution in [0.25, 0.3) is 10.8 Å². The fourth-order valence-electron chi connectivity index (χ4n) is 2.84. The Kier molecular flexibility index (Phi) is 4.95. The average Bonchev–Trinajstić information content (AvgIpc) is 2.64. The van der Waals surface area contributed by atoms with Crippen molar-refractivity contribution in [3.63, 3.8) is 0 Å². The highest BCUT2D eigenvalue weighted by atomic mass is 35.5. The van der Waals surface area contributed by atoms with Gasteiger partial charge < -0.3 is 9.64 Å². The van der Waals surface area contributed by atoms with Crippen molar-refractivity contribution in [2.75, 3.05) is 14.2 Å². The van der Waals surface area contributed by atoms with Gasteiger partial charge in [0.15, 0.2) is 5.69 Å². The number of hydrogen-bond acceptors (Lipinski definition) is 4. The summed E-state index contributed by atoms with van der Waals surface area (Å²) < 4.78 is 6.52. The predicted octanol–water partition coefficient (Wildman–Crippen LogP) is 2.87. The van der Waals surface area contributed by atoms with Crippen LogP contribution >= 0.6 is 11.6 Å². The van der Waals surface area contributed by atoms with Crippen molar-refractivity contribution in [3.05, 3.63) is 69.1 Å². The molecule has 3 rings (SSSR count). The zero-order valence-electron chi connectivity index (χ0n) is 14.7. The van der Waals surface area contributed by atoms with Crippen LogP contribution in [0.5, 0.6) is 5.75 Å². The van der Waals surface area contributed by atoms with E-state index in [1.807, 2.05) is 0 Å². The normalized spacial score (nSPS) is 10.8. The Labute approximate surface area is 155 Å². The molecule has 0 aliphatic carbocycles. The quantitative estimate of drug-likeness (QED) is 0.707. The van der Waals surface area contributed by atoms with Gasteiger partial charge in [0.2, 0.25) is 0 Å². The summed E-state index contributed by atoms with van der Waals surface area (Å²) >= 11 is 6.06. The number of fused-ring (bicyclic) bond motifs is 1. The minimum atomic E-state index is -0.293. The smallest absolute Gasteiger partial charge is 0.274 e. The second-order valence-corrected chi connectivity index (χ2v) is 6.38. The average molecular weight is 372 g/mol. The number of aromatic nitrogens is 2. The molecule has 0 aliphatic heterocycles. The molecule has 0 fully saturated rings. The Morgan fingerprint density at radius 1 is 1.23 bits per heavy atom. The summed E-state index contributed by atoms with van der Waals surface area (Å²) in [4.78, 5) is 26.7. The van der Waals surface area contributed by atoms with Gasteiger partial charge in [-0.15, -0.1) is 0 Å². The van der Waals surface area contributed by atoms with Gasteiger partial charge in [-0.2, -0.15) is 5.10 Å². The Hall–Kier alpha value is -2.86. The second kappa shape index (κ2) is 7.17. The number of aryl methyl sites for hydroxylation is 1. The molecule has 1 heterocycles. The lowest BCUT2D eigenvalue weighted by Crippen LogP contribution is -2.31. The Morgan fingerprint density at radius 2 is 1.92 bits per heavy atom. The van der Waals surface area contributed by atoms with Crippen LogP contribution in [0.1, 0.15) is 16.1 Å². The standard InChI is InChI=1S/C19H18ClN3O3/c1-22(11-12-10-13(20)8-9-16(12)26-3)19(25)17-14-6-4-5-7-15(14)18(24)23(2)21-17/h4-10H,11H2,1-3H3. The molecule has 1 amide bonds. The molecule has 134 valence electrons. The van der Waals surface area contributed by atoms with E-state index in [2.05, 4.69) is 5.10 Å². The summed E-state index contributed by atoms with van der Waals surface area (Å²) in [5.74, 6) is 0.353. The molecule has 6 nitrogen and oxygen atoms in total. The molecule has 26 heavy (non-hydrogen) atoms. The number of rotatable bonds is 4. The molecular weight excluding hydrogens is 354 g/mol. The van der Waals surface area contributed by atoms with Crippen molar-refractivity contribution < 1.29 is 9.53 Å². The summed E-state index contributed by atoms with van der Waals surface area (Å²) in [6.45, 7) is 0.293. The lowest BCUT2D eigenvalue weighted by Gasteiger charge is -2.19. The predicted molar refractivity (Wildman–Crippen MR) is 101 cm³/mol. The van der Waals surface area contributed by atoms with Crippen LogP contribution < -0.4 is 10.3 Å².